The molecule has 0 aromatic heterocycles. The molecule has 1 saturated heterocycles. The van der Waals surface area contributed by atoms with Gasteiger partial charge >= 0.3 is 5.97 Å². The number of carbonyl (C=O) groups excluding carboxylic acids is 2. The number of aliphatic hydroxyl groups is 1. The van der Waals surface area contributed by atoms with Crippen molar-refractivity contribution < 1.29 is 24.2 Å². The maximum absolute atomic E-state index is 13.9. The highest BCUT2D eigenvalue weighted by molar-refractivity contribution is 5.89. The van der Waals surface area contributed by atoms with Gasteiger partial charge in [0.25, 0.3) is 0 Å². The summed E-state index contributed by atoms with van der Waals surface area (Å²) in [5.41, 5.74) is 3.19. The van der Waals surface area contributed by atoms with E-state index in [9.17, 15) is 14.7 Å². The summed E-state index contributed by atoms with van der Waals surface area (Å²) in [6.07, 6.45) is 3.56. The topological polar surface area (TPSA) is 79.3 Å². The lowest BCUT2D eigenvalue weighted by atomic mass is 9.79. The van der Waals surface area contributed by atoms with Crippen molar-refractivity contribution in [3.05, 3.63) is 64.7 Å². The summed E-state index contributed by atoms with van der Waals surface area (Å²) in [6, 6.07) is 14.2. The monoisotopic (exact) mass is 520 g/mol. The van der Waals surface area contributed by atoms with Gasteiger partial charge in [-0.3, -0.25) is 4.79 Å². The van der Waals surface area contributed by atoms with E-state index in [2.05, 4.69) is 17.0 Å². The molecule has 1 N–H and O–H groups in total. The Balaban J connectivity index is 1.22. The Labute approximate surface area is 225 Å². The smallest absolute Gasteiger partial charge is 0.338 e. The van der Waals surface area contributed by atoms with Gasteiger partial charge in [-0.1, -0.05) is 29.8 Å². The summed E-state index contributed by atoms with van der Waals surface area (Å²) in [7, 11) is 0. The molecular formula is C31H40N2O5. The van der Waals surface area contributed by atoms with E-state index in [-0.39, 0.29) is 24.6 Å². The van der Waals surface area contributed by atoms with Crippen LogP contribution in [0.15, 0.2) is 42.5 Å². The summed E-state index contributed by atoms with van der Waals surface area (Å²) >= 11 is 0. The fourth-order valence-electron chi connectivity index (χ4n) is 6.66. The SMILES string of the molecule is CCOC(=O)c1cccc(C2CCN([C@@H]3CCC(C(=O)N4COc5ccc(C)cc5C4)([C@H](C)O)C3)CC2)c1. The largest absolute Gasteiger partial charge is 0.473 e. The Morgan fingerprint density at radius 1 is 1.16 bits per heavy atom. The number of nitrogens with zero attached hydrogens (tertiary/aromatic N) is 2. The van der Waals surface area contributed by atoms with Gasteiger partial charge in [-0.15, -0.1) is 0 Å². The molecule has 7 nitrogen and oxygen atoms in total. The van der Waals surface area contributed by atoms with Gasteiger partial charge in [-0.05, 0) is 95.6 Å². The molecule has 2 heterocycles. The molecule has 7 heteroatoms. The van der Waals surface area contributed by atoms with E-state index < -0.39 is 11.5 Å². The Morgan fingerprint density at radius 2 is 1.95 bits per heavy atom. The number of carbonyl (C=O) groups is 2. The second-order valence-electron chi connectivity index (χ2n) is 11.3. The van der Waals surface area contributed by atoms with Crippen molar-refractivity contribution in [1.29, 1.82) is 0 Å². The number of ether oxygens (including phenoxy) is 2. The van der Waals surface area contributed by atoms with Crippen LogP contribution in [0, 0.1) is 12.3 Å². The normalized spacial score (nSPS) is 24.9. The molecule has 1 unspecified atom stereocenters. The molecule has 3 aliphatic rings. The van der Waals surface area contributed by atoms with Crippen LogP contribution < -0.4 is 4.74 Å². The number of hydrogen-bond acceptors (Lipinski definition) is 6. The molecule has 0 radical (unpaired) electrons. The summed E-state index contributed by atoms with van der Waals surface area (Å²) in [5, 5.41) is 10.9. The van der Waals surface area contributed by atoms with Crippen molar-refractivity contribution in [3.8, 4) is 5.75 Å². The zero-order chi connectivity index (χ0) is 26.9. The summed E-state index contributed by atoms with van der Waals surface area (Å²) in [6.45, 7) is 8.64. The van der Waals surface area contributed by atoms with E-state index >= 15 is 0 Å². The van der Waals surface area contributed by atoms with Crippen LogP contribution in [0.3, 0.4) is 0 Å². The molecule has 5 rings (SSSR count). The van der Waals surface area contributed by atoms with Crippen LogP contribution in [0.1, 0.15) is 78.9 Å². The van der Waals surface area contributed by atoms with E-state index in [1.807, 2.05) is 44.2 Å². The van der Waals surface area contributed by atoms with Gasteiger partial charge in [0.1, 0.15) is 5.75 Å². The maximum atomic E-state index is 13.9. The fraction of sp³-hybridized carbons (Fsp3) is 0.548. The molecule has 1 aliphatic carbocycles. The van der Waals surface area contributed by atoms with Crippen molar-refractivity contribution in [2.45, 2.75) is 77.5 Å². The lowest BCUT2D eigenvalue weighted by Crippen LogP contribution is -2.51. The molecule has 1 amide bonds. The number of fused-ring (bicyclic) bond motifs is 1. The third kappa shape index (κ3) is 5.19. The molecule has 0 spiro atoms. The minimum atomic E-state index is -0.778. The number of likely N-dealkylation sites (tertiary alicyclic amines) is 1. The first-order valence-electron chi connectivity index (χ1n) is 14.0. The van der Waals surface area contributed by atoms with Crippen molar-refractivity contribution in [3.63, 3.8) is 0 Å². The lowest BCUT2D eigenvalue weighted by Gasteiger charge is -2.40. The average Bonchev–Trinajstić information content (AvgIpc) is 3.39. The van der Waals surface area contributed by atoms with Crippen LogP contribution >= 0.6 is 0 Å². The summed E-state index contributed by atoms with van der Waals surface area (Å²) in [5.74, 6) is 0.979. The second kappa shape index (κ2) is 11.1. The highest BCUT2D eigenvalue weighted by Gasteiger charge is 2.52. The number of aliphatic hydroxyl groups excluding tert-OH is 1. The minimum absolute atomic E-state index is 0.00724. The lowest BCUT2D eigenvalue weighted by molar-refractivity contribution is -0.153. The third-order valence-corrected chi connectivity index (χ3v) is 8.90. The molecule has 1 saturated carbocycles. The zero-order valence-corrected chi connectivity index (χ0v) is 22.8. The van der Waals surface area contributed by atoms with Gasteiger partial charge in [0.05, 0.1) is 30.2 Å². The first-order valence-corrected chi connectivity index (χ1v) is 14.0. The Morgan fingerprint density at radius 3 is 2.68 bits per heavy atom. The van der Waals surface area contributed by atoms with E-state index in [4.69, 9.17) is 9.47 Å². The summed E-state index contributed by atoms with van der Waals surface area (Å²) < 4.78 is 11.1. The van der Waals surface area contributed by atoms with Crippen LogP contribution in [0.5, 0.6) is 5.75 Å². The first-order chi connectivity index (χ1) is 18.3. The molecule has 2 fully saturated rings. The quantitative estimate of drug-likeness (QED) is 0.559. The number of aryl methyl sites for hydroxylation is 1. The molecule has 2 aromatic carbocycles. The minimum Gasteiger partial charge on any atom is -0.473 e. The van der Waals surface area contributed by atoms with Crippen LogP contribution in [0.4, 0.5) is 0 Å². The number of esters is 1. The van der Waals surface area contributed by atoms with E-state index in [0.717, 1.165) is 49.2 Å². The van der Waals surface area contributed by atoms with Gasteiger partial charge in [-0.25, -0.2) is 4.79 Å². The van der Waals surface area contributed by atoms with E-state index in [1.165, 1.54) is 5.56 Å². The molecule has 2 aliphatic heterocycles. The van der Waals surface area contributed by atoms with E-state index in [0.29, 0.717) is 37.5 Å². The molecular weight excluding hydrogens is 480 g/mol. The number of rotatable bonds is 6. The molecule has 204 valence electrons. The number of amides is 1. The number of hydrogen-bond donors (Lipinski definition) is 1. The third-order valence-electron chi connectivity index (χ3n) is 8.90. The van der Waals surface area contributed by atoms with Gasteiger partial charge in [-0.2, -0.15) is 0 Å². The first kappa shape index (κ1) is 26.7. The Bertz CT molecular complexity index is 1170. The van der Waals surface area contributed by atoms with Gasteiger partial charge < -0.3 is 24.4 Å². The Hall–Kier alpha value is -2.90. The Kier molecular flexibility index (Phi) is 7.78. The molecule has 3 atom stereocenters. The van der Waals surface area contributed by atoms with Crippen molar-refractivity contribution in [2.75, 3.05) is 26.4 Å². The summed E-state index contributed by atoms with van der Waals surface area (Å²) in [4.78, 5) is 30.3. The predicted molar refractivity (Wildman–Crippen MR) is 145 cm³/mol. The molecule has 38 heavy (non-hydrogen) atoms. The van der Waals surface area contributed by atoms with Gasteiger partial charge in [0.15, 0.2) is 6.73 Å². The second-order valence-corrected chi connectivity index (χ2v) is 11.3. The number of benzene rings is 2. The standard InChI is InChI=1S/C31H40N2O5/c1-4-37-29(35)25-7-5-6-24(17-25)23-11-14-32(15-12-23)27-10-13-31(18-27,22(3)34)30(36)33-19-26-16-21(2)8-9-28(26)38-20-33/h5-9,16-17,22-23,27,34H,4,10-15,18-20H2,1-3H3/t22-,27+,31?/m0/s1. The molecule has 2 aromatic rings. The predicted octanol–water partition coefficient (Wildman–Crippen LogP) is 4.65. The highest BCUT2D eigenvalue weighted by Crippen LogP contribution is 2.46. The molecule has 0 bridgehead atoms. The fourth-order valence-corrected chi connectivity index (χ4v) is 6.66. The van der Waals surface area contributed by atoms with E-state index in [1.54, 1.807) is 11.8 Å². The van der Waals surface area contributed by atoms with Crippen molar-refractivity contribution >= 4 is 11.9 Å². The maximum Gasteiger partial charge on any atom is 0.338 e. The number of piperidine rings is 1. The van der Waals surface area contributed by atoms with Crippen LogP contribution in [0.25, 0.3) is 0 Å². The highest BCUT2D eigenvalue weighted by atomic mass is 16.5. The van der Waals surface area contributed by atoms with Crippen LogP contribution in [-0.2, 0) is 16.1 Å². The average molecular weight is 521 g/mol. The van der Waals surface area contributed by atoms with Crippen LogP contribution in [-0.4, -0.2) is 65.4 Å². The van der Waals surface area contributed by atoms with Gasteiger partial charge in [0.2, 0.25) is 5.91 Å². The van der Waals surface area contributed by atoms with Crippen LogP contribution in [0.2, 0.25) is 0 Å². The van der Waals surface area contributed by atoms with Crippen molar-refractivity contribution in [2.24, 2.45) is 5.41 Å². The van der Waals surface area contributed by atoms with Gasteiger partial charge in [0, 0.05) is 11.6 Å². The zero-order valence-electron chi connectivity index (χ0n) is 22.8. The van der Waals surface area contributed by atoms with Crippen molar-refractivity contribution in [1.82, 2.24) is 9.80 Å².